The van der Waals surface area contributed by atoms with Crippen molar-refractivity contribution >= 4 is 21.5 Å². The molecule has 18 heavy (non-hydrogen) atoms. The molecular weight excluding hydrogens is 250 g/mol. The van der Waals surface area contributed by atoms with Crippen molar-refractivity contribution in [3.63, 3.8) is 0 Å². The monoisotopic (exact) mass is 269 g/mol. The Morgan fingerprint density at radius 1 is 1.33 bits per heavy atom. The molecule has 4 N–H and O–H groups in total. The minimum absolute atomic E-state index is 0.0891. The topological polar surface area (TPSA) is 96.0 Å². The lowest BCUT2D eigenvalue weighted by molar-refractivity contribution is 0.598. The molecule has 100 valence electrons. The predicted octanol–water partition coefficient (Wildman–Crippen LogP) is 1.71. The zero-order chi connectivity index (χ0) is 13.6. The van der Waals surface area contributed by atoms with E-state index in [4.69, 9.17) is 11.1 Å². The molecule has 0 fully saturated rings. The normalized spacial score (nSPS) is 11.2. The molecule has 0 aliphatic rings. The van der Waals surface area contributed by atoms with Gasteiger partial charge < -0.3 is 5.73 Å². The van der Waals surface area contributed by atoms with E-state index in [-0.39, 0.29) is 11.6 Å². The minimum atomic E-state index is -3.25. The highest BCUT2D eigenvalue weighted by molar-refractivity contribution is 7.92. The second kappa shape index (κ2) is 6.39. The summed E-state index contributed by atoms with van der Waals surface area (Å²) in [5, 5.41) is 7.17. The van der Waals surface area contributed by atoms with E-state index >= 15 is 0 Å². The summed E-state index contributed by atoms with van der Waals surface area (Å²) in [7, 11) is -3.25. The van der Waals surface area contributed by atoms with Gasteiger partial charge in [0.25, 0.3) is 0 Å². The van der Waals surface area contributed by atoms with Crippen molar-refractivity contribution in [3.05, 3.63) is 29.8 Å². The molecule has 0 spiro atoms. The minimum Gasteiger partial charge on any atom is -0.387 e. The number of anilines is 1. The van der Waals surface area contributed by atoms with Crippen LogP contribution in [0.15, 0.2) is 24.3 Å². The molecule has 0 heterocycles. The average molecular weight is 269 g/mol. The van der Waals surface area contributed by atoms with Gasteiger partial charge in [0.05, 0.1) is 11.6 Å². The summed E-state index contributed by atoms with van der Waals surface area (Å²) in [6, 6.07) is 6.89. The number of rotatable bonds is 7. The lowest BCUT2D eigenvalue weighted by Crippen LogP contribution is -2.16. The molecule has 0 radical (unpaired) electrons. The number of nitrogens with one attached hydrogen (secondary N) is 2. The third kappa shape index (κ3) is 5.18. The van der Waals surface area contributed by atoms with Crippen LogP contribution in [0.5, 0.6) is 0 Å². The third-order valence-electron chi connectivity index (χ3n) is 2.39. The number of hydrogen-bond donors (Lipinski definition) is 3. The first kappa shape index (κ1) is 14.5. The standard InChI is InChI=1S/C12H19N3O2S/c1-2-3-8-18(16,17)15-11-6-4-10(5-7-11)9-12(13)14/h4-7,15H,2-3,8-9H2,1H3,(H3,13,14). The van der Waals surface area contributed by atoms with Crippen molar-refractivity contribution in [2.24, 2.45) is 5.73 Å². The van der Waals surface area contributed by atoms with Crippen molar-refractivity contribution in [1.29, 1.82) is 5.41 Å². The van der Waals surface area contributed by atoms with Crippen molar-refractivity contribution < 1.29 is 8.42 Å². The van der Waals surface area contributed by atoms with Crippen LogP contribution in [0.3, 0.4) is 0 Å². The van der Waals surface area contributed by atoms with E-state index < -0.39 is 10.0 Å². The second-order valence-electron chi connectivity index (χ2n) is 4.17. The summed E-state index contributed by atoms with van der Waals surface area (Å²) in [5.41, 5.74) is 6.72. The smallest absolute Gasteiger partial charge is 0.232 e. The van der Waals surface area contributed by atoms with Gasteiger partial charge in [-0.1, -0.05) is 25.5 Å². The SMILES string of the molecule is CCCCS(=O)(=O)Nc1ccc(CC(=N)N)cc1. The quantitative estimate of drug-likeness (QED) is 0.519. The maximum absolute atomic E-state index is 11.7. The predicted molar refractivity (Wildman–Crippen MR) is 74.4 cm³/mol. The first-order chi connectivity index (χ1) is 8.43. The van der Waals surface area contributed by atoms with Crippen LogP contribution in [0, 0.1) is 5.41 Å². The van der Waals surface area contributed by atoms with Crippen molar-refractivity contribution in [2.45, 2.75) is 26.2 Å². The van der Waals surface area contributed by atoms with Gasteiger partial charge >= 0.3 is 0 Å². The van der Waals surface area contributed by atoms with Crippen LogP contribution in [0.25, 0.3) is 0 Å². The van der Waals surface area contributed by atoms with Gasteiger partial charge in [-0.05, 0) is 24.1 Å². The van der Waals surface area contributed by atoms with Gasteiger partial charge in [0.2, 0.25) is 10.0 Å². The zero-order valence-electron chi connectivity index (χ0n) is 10.4. The number of hydrogen-bond acceptors (Lipinski definition) is 3. The first-order valence-corrected chi connectivity index (χ1v) is 7.50. The maximum Gasteiger partial charge on any atom is 0.232 e. The molecule has 0 bridgehead atoms. The molecule has 0 amide bonds. The van der Waals surface area contributed by atoms with E-state index in [1.807, 2.05) is 6.92 Å². The number of sulfonamides is 1. The Morgan fingerprint density at radius 3 is 2.44 bits per heavy atom. The highest BCUT2D eigenvalue weighted by Gasteiger charge is 2.09. The highest BCUT2D eigenvalue weighted by Crippen LogP contribution is 2.12. The van der Waals surface area contributed by atoms with Crippen LogP contribution in [-0.4, -0.2) is 20.0 Å². The molecule has 5 nitrogen and oxygen atoms in total. The summed E-state index contributed by atoms with van der Waals surface area (Å²) < 4.78 is 25.8. The van der Waals surface area contributed by atoms with Crippen LogP contribution in [0.2, 0.25) is 0 Å². The van der Waals surface area contributed by atoms with Gasteiger partial charge in [0, 0.05) is 12.1 Å². The molecule has 0 unspecified atom stereocenters. The summed E-state index contributed by atoms with van der Waals surface area (Å²) in [5.74, 6) is 0.227. The Kier molecular flexibility index (Phi) is 5.15. The Labute approximate surface area is 108 Å². The first-order valence-electron chi connectivity index (χ1n) is 5.85. The molecule has 0 aromatic heterocycles. The Balaban J connectivity index is 2.66. The van der Waals surface area contributed by atoms with E-state index in [2.05, 4.69) is 4.72 Å². The van der Waals surface area contributed by atoms with E-state index in [1.54, 1.807) is 24.3 Å². The summed E-state index contributed by atoms with van der Waals surface area (Å²) in [4.78, 5) is 0. The van der Waals surface area contributed by atoms with Crippen molar-refractivity contribution in [2.75, 3.05) is 10.5 Å². The van der Waals surface area contributed by atoms with Crippen LogP contribution in [-0.2, 0) is 16.4 Å². The van der Waals surface area contributed by atoms with E-state index in [0.29, 0.717) is 18.5 Å². The summed E-state index contributed by atoms with van der Waals surface area (Å²) >= 11 is 0. The zero-order valence-corrected chi connectivity index (χ0v) is 11.3. The fourth-order valence-electron chi connectivity index (χ4n) is 1.48. The maximum atomic E-state index is 11.7. The fraction of sp³-hybridized carbons (Fsp3) is 0.417. The molecule has 0 saturated heterocycles. The van der Waals surface area contributed by atoms with E-state index in [9.17, 15) is 8.42 Å². The number of nitrogens with two attached hydrogens (primary N) is 1. The number of amidine groups is 1. The van der Waals surface area contributed by atoms with Gasteiger partial charge in [-0.25, -0.2) is 8.42 Å². The lowest BCUT2D eigenvalue weighted by atomic mass is 10.1. The molecule has 1 rings (SSSR count). The fourth-order valence-corrected chi connectivity index (χ4v) is 2.74. The highest BCUT2D eigenvalue weighted by atomic mass is 32.2. The van der Waals surface area contributed by atoms with Crippen LogP contribution in [0.4, 0.5) is 5.69 Å². The second-order valence-corrected chi connectivity index (χ2v) is 6.02. The van der Waals surface area contributed by atoms with Crippen LogP contribution < -0.4 is 10.5 Å². The largest absolute Gasteiger partial charge is 0.387 e. The van der Waals surface area contributed by atoms with Crippen LogP contribution >= 0.6 is 0 Å². The molecule has 1 aromatic carbocycles. The summed E-state index contributed by atoms with van der Waals surface area (Å²) in [6.45, 7) is 1.95. The van der Waals surface area contributed by atoms with Crippen molar-refractivity contribution in [3.8, 4) is 0 Å². The van der Waals surface area contributed by atoms with Gasteiger partial charge in [0.15, 0.2) is 0 Å². The average Bonchev–Trinajstić information content (AvgIpc) is 2.28. The van der Waals surface area contributed by atoms with Gasteiger partial charge in [-0.15, -0.1) is 0 Å². The van der Waals surface area contributed by atoms with Crippen molar-refractivity contribution in [1.82, 2.24) is 0 Å². The number of unbranched alkanes of at least 4 members (excludes halogenated alkanes) is 1. The van der Waals surface area contributed by atoms with E-state index in [0.717, 1.165) is 12.0 Å². The van der Waals surface area contributed by atoms with Gasteiger partial charge in [-0.2, -0.15) is 0 Å². The Morgan fingerprint density at radius 2 is 1.94 bits per heavy atom. The molecule has 0 atom stereocenters. The molecule has 6 heteroatoms. The summed E-state index contributed by atoms with van der Waals surface area (Å²) in [6.07, 6.45) is 1.87. The van der Waals surface area contributed by atoms with Crippen LogP contribution in [0.1, 0.15) is 25.3 Å². The third-order valence-corrected chi connectivity index (χ3v) is 3.76. The van der Waals surface area contributed by atoms with Gasteiger partial charge in [0.1, 0.15) is 0 Å². The van der Waals surface area contributed by atoms with E-state index in [1.165, 1.54) is 0 Å². The van der Waals surface area contributed by atoms with Gasteiger partial charge in [-0.3, -0.25) is 10.1 Å². The lowest BCUT2D eigenvalue weighted by Gasteiger charge is -2.08. The Hall–Kier alpha value is -1.56. The molecule has 0 aliphatic carbocycles. The Bertz CT molecular complexity index is 495. The molecule has 0 aliphatic heterocycles. The molecule has 0 saturated carbocycles. The molecular formula is C12H19N3O2S. The molecule has 1 aromatic rings. The number of benzene rings is 1.